The van der Waals surface area contributed by atoms with Crippen LogP contribution in [0.4, 0.5) is 4.39 Å². The van der Waals surface area contributed by atoms with Crippen LogP contribution in [-0.4, -0.2) is 21.3 Å². The van der Waals surface area contributed by atoms with Gasteiger partial charge in [-0.05, 0) is 37.0 Å². The van der Waals surface area contributed by atoms with Crippen molar-refractivity contribution in [3.05, 3.63) is 23.8 Å². The number of alkyl halides is 1. The van der Waals surface area contributed by atoms with Gasteiger partial charge < -0.3 is 4.74 Å². The number of ether oxygens (including phenoxy) is 1. The maximum Gasteiger partial charge on any atom is 0.175 e. The summed E-state index contributed by atoms with van der Waals surface area (Å²) in [6.07, 6.45) is 0.926. The number of hydrogen-bond donors (Lipinski definition) is 0. The minimum absolute atomic E-state index is 0.0445. The Morgan fingerprint density at radius 2 is 1.95 bits per heavy atom. The standard InChI is InChI=1S/C15H23FO3S/c1-5-14(16)13-10-12(19-9-8-11(2)3)6-7-15(13)20(4,17)18/h6-7,10-11,14H,5,8-9H2,1-4H3. The summed E-state index contributed by atoms with van der Waals surface area (Å²) in [6.45, 7) is 6.41. The minimum atomic E-state index is -3.43. The molecule has 0 aromatic heterocycles. The number of halogens is 1. The Balaban J connectivity index is 3.02. The molecule has 0 amide bonds. The first kappa shape index (κ1) is 17.0. The fourth-order valence-electron chi connectivity index (χ4n) is 1.83. The van der Waals surface area contributed by atoms with Crippen LogP contribution in [0.15, 0.2) is 23.1 Å². The molecule has 0 saturated carbocycles. The molecule has 1 aromatic rings. The van der Waals surface area contributed by atoms with Crippen molar-refractivity contribution in [1.29, 1.82) is 0 Å². The van der Waals surface area contributed by atoms with Crippen molar-refractivity contribution < 1.29 is 17.5 Å². The van der Waals surface area contributed by atoms with Crippen LogP contribution in [0.3, 0.4) is 0 Å². The molecule has 0 bridgehead atoms. The lowest BCUT2D eigenvalue weighted by atomic mass is 10.1. The van der Waals surface area contributed by atoms with Gasteiger partial charge in [-0.15, -0.1) is 0 Å². The van der Waals surface area contributed by atoms with Gasteiger partial charge in [0.25, 0.3) is 0 Å². The molecule has 0 aliphatic rings. The van der Waals surface area contributed by atoms with Crippen molar-refractivity contribution >= 4 is 9.84 Å². The van der Waals surface area contributed by atoms with E-state index in [0.29, 0.717) is 18.3 Å². The molecular weight excluding hydrogens is 279 g/mol. The lowest BCUT2D eigenvalue weighted by Gasteiger charge is -2.14. The van der Waals surface area contributed by atoms with Crippen LogP contribution < -0.4 is 4.74 Å². The molecule has 0 aliphatic carbocycles. The minimum Gasteiger partial charge on any atom is -0.494 e. The fourth-order valence-corrected chi connectivity index (χ4v) is 2.76. The maximum absolute atomic E-state index is 14.0. The summed E-state index contributed by atoms with van der Waals surface area (Å²) < 4.78 is 42.9. The third-order valence-corrected chi connectivity index (χ3v) is 4.21. The molecule has 1 rings (SSSR count). The van der Waals surface area contributed by atoms with Gasteiger partial charge in [-0.1, -0.05) is 20.8 Å². The molecule has 0 N–H and O–H groups in total. The van der Waals surface area contributed by atoms with Crippen molar-refractivity contribution in [1.82, 2.24) is 0 Å². The molecule has 0 heterocycles. The van der Waals surface area contributed by atoms with Crippen LogP contribution in [0, 0.1) is 5.92 Å². The van der Waals surface area contributed by atoms with Crippen molar-refractivity contribution in [2.75, 3.05) is 12.9 Å². The molecular formula is C15H23FO3S. The van der Waals surface area contributed by atoms with Gasteiger partial charge in [-0.2, -0.15) is 0 Å². The van der Waals surface area contributed by atoms with E-state index in [4.69, 9.17) is 4.74 Å². The summed E-state index contributed by atoms with van der Waals surface area (Å²) in [5, 5.41) is 0. The number of rotatable bonds is 7. The molecule has 1 unspecified atom stereocenters. The van der Waals surface area contributed by atoms with E-state index in [1.807, 2.05) is 0 Å². The van der Waals surface area contributed by atoms with Crippen molar-refractivity contribution in [3.8, 4) is 5.75 Å². The van der Waals surface area contributed by atoms with Gasteiger partial charge in [0, 0.05) is 11.8 Å². The second-order valence-corrected chi connectivity index (χ2v) is 7.36. The third-order valence-electron chi connectivity index (χ3n) is 3.04. The lowest BCUT2D eigenvalue weighted by Crippen LogP contribution is -2.06. The van der Waals surface area contributed by atoms with E-state index in [0.717, 1.165) is 12.7 Å². The van der Waals surface area contributed by atoms with Crippen molar-refractivity contribution in [3.63, 3.8) is 0 Å². The van der Waals surface area contributed by atoms with Crippen LogP contribution in [0.2, 0.25) is 0 Å². The van der Waals surface area contributed by atoms with E-state index in [-0.39, 0.29) is 16.9 Å². The smallest absolute Gasteiger partial charge is 0.175 e. The van der Waals surface area contributed by atoms with Gasteiger partial charge in [0.05, 0.1) is 11.5 Å². The molecule has 20 heavy (non-hydrogen) atoms. The van der Waals surface area contributed by atoms with Crippen LogP contribution in [0.25, 0.3) is 0 Å². The molecule has 3 nitrogen and oxygen atoms in total. The summed E-state index contributed by atoms with van der Waals surface area (Å²) in [7, 11) is -3.43. The summed E-state index contributed by atoms with van der Waals surface area (Å²) >= 11 is 0. The maximum atomic E-state index is 14.0. The van der Waals surface area contributed by atoms with E-state index in [1.165, 1.54) is 12.1 Å². The lowest BCUT2D eigenvalue weighted by molar-refractivity contribution is 0.286. The Hall–Kier alpha value is -1.10. The Morgan fingerprint density at radius 1 is 1.30 bits per heavy atom. The Labute approximate surface area is 121 Å². The van der Waals surface area contributed by atoms with Gasteiger partial charge in [0.15, 0.2) is 9.84 Å². The molecule has 114 valence electrons. The normalized spacial score (nSPS) is 13.5. The van der Waals surface area contributed by atoms with Crippen LogP contribution >= 0.6 is 0 Å². The summed E-state index contributed by atoms with van der Waals surface area (Å²) in [5.41, 5.74) is 0.192. The summed E-state index contributed by atoms with van der Waals surface area (Å²) in [5.74, 6) is 1.04. The van der Waals surface area contributed by atoms with Gasteiger partial charge >= 0.3 is 0 Å². The molecule has 1 aromatic carbocycles. The first-order valence-electron chi connectivity index (χ1n) is 6.86. The SMILES string of the molecule is CCC(F)c1cc(OCCC(C)C)ccc1S(C)(=O)=O. The first-order chi connectivity index (χ1) is 9.25. The van der Waals surface area contributed by atoms with Crippen LogP contribution in [-0.2, 0) is 9.84 Å². The second-order valence-electron chi connectivity index (χ2n) is 5.38. The molecule has 5 heteroatoms. The van der Waals surface area contributed by atoms with Gasteiger partial charge in [-0.25, -0.2) is 12.8 Å². The molecule has 0 radical (unpaired) electrons. The van der Waals surface area contributed by atoms with E-state index in [9.17, 15) is 12.8 Å². The second kappa shape index (κ2) is 7.07. The van der Waals surface area contributed by atoms with E-state index >= 15 is 0 Å². The Morgan fingerprint density at radius 3 is 2.45 bits per heavy atom. The highest BCUT2D eigenvalue weighted by molar-refractivity contribution is 7.90. The van der Waals surface area contributed by atoms with Gasteiger partial charge in [0.2, 0.25) is 0 Å². The quantitative estimate of drug-likeness (QED) is 0.766. The molecule has 0 saturated heterocycles. The predicted molar refractivity (Wildman–Crippen MR) is 78.6 cm³/mol. The zero-order valence-corrected chi connectivity index (χ0v) is 13.3. The average Bonchev–Trinajstić information content (AvgIpc) is 2.36. The van der Waals surface area contributed by atoms with Crippen LogP contribution in [0.5, 0.6) is 5.75 Å². The van der Waals surface area contributed by atoms with E-state index in [1.54, 1.807) is 13.0 Å². The van der Waals surface area contributed by atoms with Crippen molar-refractivity contribution in [2.45, 2.75) is 44.7 Å². The number of sulfone groups is 1. The zero-order chi connectivity index (χ0) is 15.3. The highest BCUT2D eigenvalue weighted by Crippen LogP contribution is 2.31. The first-order valence-corrected chi connectivity index (χ1v) is 8.75. The average molecular weight is 302 g/mol. The predicted octanol–water partition coefficient (Wildman–Crippen LogP) is 3.94. The molecule has 0 spiro atoms. The van der Waals surface area contributed by atoms with E-state index < -0.39 is 16.0 Å². The Kier molecular flexibility index (Phi) is 5.99. The third kappa shape index (κ3) is 4.78. The molecule has 0 fully saturated rings. The zero-order valence-electron chi connectivity index (χ0n) is 12.5. The summed E-state index contributed by atoms with van der Waals surface area (Å²) in [4.78, 5) is 0.0445. The number of hydrogen-bond acceptors (Lipinski definition) is 3. The van der Waals surface area contributed by atoms with Crippen LogP contribution in [0.1, 0.15) is 45.3 Å². The highest BCUT2D eigenvalue weighted by Gasteiger charge is 2.20. The number of benzene rings is 1. The van der Waals surface area contributed by atoms with E-state index in [2.05, 4.69) is 13.8 Å². The van der Waals surface area contributed by atoms with Gasteiger partial charge in [0.1, 0.15) is 11.9 Å². The summed E-state index contributed by atoms with van der Waals surface area (Å²) in [6, 6.07) is 4.52. The monoisotopic (exact) mass is 302 g/mol. The highest BCUT2D eigenvalue weighted by atomic mass is 32.2. The Bertz CT molecular complexity index is 538. The molecule has 1 atom stereocenters. The molecule has 0 aliphatic heterocycles. The van der Waals surface area contributed by atoms with Gasteiger partial charge in [-0.3, -0.25) is 0 Å². The largest absolute Gasteiger partial charge is 0.494 e. The fraction of sp³-hybridized carbons (Fsp3) is 0.600. The topological polar surface area (TPSA) is 43.4 Å². The van der Waals surface area contributed by atoms with Crippen molar-refractivity contribution in [2.24, 2.45) is 5.92 Å².